The maximum atomic E-state index is 11.9. The fraction of sp³-hybridized carbons (Fsp3) is 0.750. The average Bonchev–Trinajstić information content (AvgIpc) is 2.85. The number of fused-ring (bicyclic) bond motifs is 5. The van der Waals surface area contributed by atoms with Crippen LogP contribution in [0.25, 0.3) is 0 Å². The van der Waals surface area contributed by atoms with Gasteiger partial charge in [-0.1, -0.05) is 35.9 Å². The maximum absolute atomic E-state index is 11.9. The highest BCUT2D eigenvalue weighted by atomic mass is 79.9. The number of halogens is 2. The Hall–Kier alpha value is -0.0800. The first-order valence-electron chi connectivity index (χ1n) is 9.12. The minimum Gasteiger partial charge on any atom is -0.281 e. The molecule has 1 nitrogen and oxygen atoms in total. The number of carbonyl (C=O) groups excluding carboxylic acids is 1. The van der Waals surface area contributed by atoms with E-state index >= 15 is 0 Å². The Morgan fingerprint density at radius 3 is 2.74 bits per heavy atom. The zero-order valence-corrected chi connectivity index (χ0v) is 16.4. The van der Waals surface area contributed by atoms with Crippen molar-refractivity contribution in [1.82, 2.24) is 0 Å². The number of hydrogen-bond donors (Lipinski definition) is 0. The van der Waals surface area contributed by atoms with Crippen molar-refractivity contribution < 1.29 is 4.79 Å². The SMILES string of the molecule is C[C@]12CC[C@H]3[C@@H](CC=C4C=C(Br)CC[C@@]43C)[C@@H]1CC[C@@H]2C(=O)Cl. The lowest BCUT2D eigenvalue weighted by atomic mass is 9.48. The predicted octanol–water partition coefficient (Wildman–Crippen LogP) is 6.22. The Morgan fingerprint density at radius 1 is 1.22 bits per heavy atom. The van der Waals surface area contributed by atoms with E-state index in [1.54, 1.807) is 5.57 Å². The third kappa shape index (κ3) is 2.27. The standard InChI is InChI=1S/C20H26BrClO/c1-19-9-7-13(21)11-12(19)3-4-14-15-5-6-17(18(22)23)20(15,2)10-8-16(14)19/h3,11,14-17H,4-10H2,1-2H3/t14-,15-,16-,17+,19-,20-/m0/s1. The van der Waals surface area contributed by atoms with Crippen LogP contribution in [0.3, 0.4) is 0 Å². The molecule has 2 saturated carbocycles. The first kappa shape index (κ1) is 16.4. The average molecular weight is 398 g/mol. The van der Waals surface area contributed by atoms with Gasteiger partial charge in [0.25, 0.3) is 0 Å². The van der Waals surface area contributed by atoms with Crippen molar-refractivity contribution in [2.45, 2.75) is 58.8 Å². The normalized spacial score (nSPS) is 48.7. The van der Waals surface area contributed by atoms with Crippen LogP contribution >= 0.6 is 27.5 Å². The van der Waals surface area contributed by atoms with Crippen LogP contribution in [0.5, 0.6) is 0 Å². The molecule has 0 radical (unpaired) electrons. The lowest BCUT2D eigenvalue weighted by Gasteiger charge is -2.56. The van der Waals surface area contributed by atoms with Gasteiger partial charge in [-0.15, -0.1) is 0 Å². The van der Waals surface area contributed by atoms with E-state index in [0.29, 0.717) is 11.3 Å². The van der Waals surface area contributed by atoms with Crippen LogP contribution in [-0.2, 0) is 4.79 Å². The van der Waals surface area contributed by atoms with Gasteiger partial charge in [-0.25, -0.2) is 0 Å². The topological polar surface area (TPSA) is 17.1 Å². The van der Waals surface area contributed by atoms with Crippen molar-refractivity contribution in [3.8, 4) is 0 Å². The summed E-state index contributed by atoms with van der Waals surface area (Å²) in [5.74, 6) is 2.29. The van der Waals surface area contributed by atoms with E-state index in [2.05, 4.69) is 41.9 Å². The van der Waals surface area contributed by atoms with Gasteiger partial charge in [-0.2, -0.15) is 0 Å². The quantitative estimate of drug-likeness (QED) is 0.480. The Bertz CT molecular complexity index is 609. The number of hydrogen-bond acceptors (Lipinski definition) is 1. The van der Waals surface area contributed by atoms with Crippen LogP contribution in [0.15, 0.2) is 22.2 Å². The van der Waals surface area contributed by atoms with Gasteiger partial charge >= 0.3 is 0 Å². The van der Waals surface area contributed by atoms with Gasteiger partial charge in [0.1, 0.15) is 0 Å². The van der Waals surface area contributed by atoms with Gasteiger partial charge in [-0.3, -0.25) is 4.79 Å². The molecule has 2 fully saturated rings. The van der Waals surface area contributed by atoms with E-state index in [-0.39, 0.29) is 16.6 Å². The van der Waals surface area contributed by atoms with Crippen molar-refractivity contribution in [2.24, 2.45) is 34.5 Å². The molecule has 0 bridgehead atoms. The Kier molecular flexibility index (Phi) is 3.89. The van der Waals surface area contributed by atoms with Crippen LogP contribution in [0.2, 0.25) is 0 Å². The smallest absolute Gasteiger partial charge is 0.225 e. The lowest BCUT2D eigenvalue weighted by molar-refractivity contribution is -0.121. The summed E-state index contributed by atoms with van der Waals surface area (Å²) in [7, 11) is 0. The van der Waals surface area contributed by atoms with Crippen LogP contribution in [-0.4, -0.2) is 5.24 Å². The molecule has 0 amide bonds. The summed E-state index contributed by atoms with van der Waals surface area (Å²) < 4.78 is 1.36. The summed E-state index contributed by atoms with van der Waals surface area (Å²) in [5.41, 5.74) is 2.04. The molecule has 0 spiro atoms. The fourth-order valence-corrected chi connectivity index (χ4v) is 7.47. The highest BCUT2D eigenvalue weighted by molar-refractivity contribution is 9.11. The Balaban J connectivity index is 1.69. The molecule has 3 heteroatoms. The summed E-state index contributed by atoms with van der Waals surface area (Å²) in [4.78, 5) is 11.9. The van der Waals surface area contributed by atoms with E-state index in [0.717, 1.165) is 18.3 Å². The Morgan fingerprint density at radius 2 is 2.00 bits per heavy atom. The zero-order chi connectivity index (χ0) is 16.4. The van der Waals surface area contributed by atoms with Crippen LogP contribution in [0.1, 0.15) is 58.8 Å². The van der Waals surface area contributed by atoms with Crippen molar-refractivity contribution >= 4 is 32.8 Å². The molecule has 0 aromatic heterocycles. The highest BCUT2D eigenvalue weighted by Crippen LogP contribution is 2.66. The van der Waals surface area contributed by atoms with Crippen molar-refractivity contribution in [3.05, 3.63) is 22.2 Å². The monoisotopic (exact) mass is 396 g/mol. The third-order valence-corrected chi connectivity index (χ3v) is 8.88. The van der Waals surface area contributed by atoms with Crippen LogP contribution in [0, 0.1) is 34.5 Å². The lowest BCUT2D eigenvalue weighted by Crippen LogP contribution is -2.49. The molecule has 0 unspecified atom stereocenters. The zero-order valence-electron chi connectivity index (χ0n) is 14.1. The van der Waals surface area contributed by atoms with Gasteiger partial charge in [-0.05, 0) is 101 Å². The first-order chi connectivity index (χ1) is 10.9. The molecule has 0 heterocycles. The molecular weight excluding hydrogens is 372 g/mol. The second kappa shape index (κ2) is 5.46. The molecule has 4 rings (SSSR count). The second-order valence-electron chi connectivity index (χ2n) is 8.76. The summed E-state index contributed by atoms with van der Waals surface area (Å²) in [6, 6.07) is 0. The molecule has 0 saturated heterocycles. The summed E-state index contributed by atoms with van der Waals surface area (Å²) in [6.07, 6.45) is 13.1. The molecule has 0 aromatic carbocycles. The van der Waals surface area contributed by atoms with E-state index in [1.807, 2.05) is 0 Å². The first-order valence-corrected chi connectivity index (χ1v) is 10.3. The summed E-state index contributed by atoms with van der Waals surface area (Å²) >= 11 is 9.67. The Labute approximate surface area is 153 Å². The number of allylic oxidation sites excluding steroid dienone is 4. The van der Waals surface area contributed by atoms with E-state index < -0.39 is 0 Å². The molecular formula is C20H26BrClO. The van der Waals surface area contributed by atoms with Gasteiger partial charge in [0.2, 0.25) is 5.24 Å². The van der Waals surface area contributed by atoms with E-state index in [1.165, 1.54) is 43.0 Å². The summed E-state index contributed by atoms with van der Waals surface area (Å²) in [5, 5.41) is -0.0868. The van der Waals surface area contributed by atoms with Crippen LogP contribution < -0.4 is 0 Å². The molecule has 4 aliphatic rings. The molecule has 23 heavy (non-hydrogen) atoms. The van der Waals surface area contributed by atoms with Gasteiger partial charge in [0, 0.05) is 5.92 Å². The predicted molar refractivity (Wildman–Crippen MR) is 98.4 cm³/mol. The third-order valence-electron chi connectivity index (χ3n) is 7.99. The molecule has 0 N–H and O–H groups in total. The largest absolute Gasteiger partial charge is 0.281 e. The number of carbonyl (C=O) groups is 1. The molecule has 4 aliphatic carbocycles. The van der Waals surface area contributed by atoms with Gasteiger partial charge in [0.15, 0.2) is 0 Å². The van der Waals surface area contributed by atoms with Crippen molar-refractivity contribution in [3.63, 3.8) is 0 Å². The fourth-order valence-electron chi connectivity index (χ4n) is 6.66. The molecule has 0 aromatic rings. The molecule has 6 atom stereocenters. The van der Waals surface area contributed by atoms with Gasteiger partial charge < -0.3 is 0 Å². The van der Waals surface area contributed by atoms with E-state index in [4.69, 9.17) is 11.6 Å². The van der Waals surface area contributed by atoms with Crippen molar-refractivity contribution in [1.29, 1.82) is 0 Å². The summed E-state index contributed by atoms with van der Waals surface area (Å²) in [6.45, 7) is 4.85. The second-order valence-corrected chi connectivity index (χ2v) is 10.2. The number of rotatable bonds is 1. The maximum Gasteiger partial charge on any atom is 0.225 e. The molecule has 0 aliphatic heterocycles. The van der Waals surface area contributed by atoms with E-state index in [9.17, 15) is 4.79 Å². The van der Waals surface area contributed by atoms with Gasteiger partial charge in [0.05, 0.1) is 0 Å². The minimum atomic E-state index is -0.0868. The van der Waals surface area contributed by atoms with Crippen molar-refractivity contribution in [2.75, 3.05) is 0 Å². The molecule has 126 valence electrons. The highest BCUT2D eigenvalue weighted by Gasteiger charge is 2.59. The van der Waals surface area contributed by atoms with Crippen LogP contribution in [0.4, 0.5) is 0 Å². The minimum absolute atomic E-state index is 0.0868.